The number of phenolic OH excluding ortho intramolecular Hbond substituents is 1. The Labute approximate surface area is 158 Å². The molecule has 2 aromatic rings. The molecule has 2 atom stereocenters. The van der Waals surface area contributed by atoms with Crippen molar-refractivity contribution < 1.29 is 14.8 Å². The van der Waals surface area contributed by atoms with Gasteiger partial charge in [0.1, 0.15) is 11.8 Å². The number of phenols is 1. The molecule has 0 aliphatic carbocycles. The van der Waals surface area contributed by atoms with Gasteiger partial charge in [0.2, 0.25) is 0 Å². The van der Waals surface area contributed by atoms with Gasteiger partial charge in [-0.3, -0.25) is 4.79 Å². The van der Waals surface area contributed by atoms with Crippen LogP contribution in [0.25, 0.3) is 0 Å². The number of quaternary nitrogens is 1. The van der Waals surface area contributed by atoms with Crippen LogP contribution in [0, 0.1) is 0 Å². The second-order valence-electron chi connectivity index (χ2n) is 7.18. The summed E-state index contributed by atoms with van der Waals surface area (Å²) < 4.78 is 0. The Bertz CT molecular complexity index is 724. The van der Waals surface area contributed by atoms with Gasteiger partial charge in [0, 0.05) is 44.7 Å². The maximum Gasteiger partial charge on any atom is 0.277 e. The first-order valence-corrected chi connectivity index (χ1v) is 10.3. The Hall–Kier alpha value is -2.05. The smallest absolute Gasteiger partial charge is 0.277 e. The number of hydrogen-bond acceptors (Lipinski definition) is 4. The lowest BCUT2D eigenvalue weighted by molar-refractivity contribution is -0.910. The van der Waals surface area contributed by atoms with Gasteiger partial charge in [-0.2, -0.15) is 0 Å². The van der Waals surface area contributed by atoms with E-state index in [9.17, 15) is 9.90 Å². The van der Waals surface area contributed by atoms with Crippen molar-refractivity contribution in [3.05, 3.63) is 46.7 Å². The van der Waals surface area contributed by atoms with Crippen LogP contribution in [0.3, 0.4) is 0 Å². The number of hydrogen-bond donors (Lipinski definition) is 2. The zero-order valence-corrected chi connectivity index (χ0v) is 15.8. The van der Waals surface area contributed by atoms with Gasteiger partial charge in [-0.1, -0.05) is 6.07 Å². The number of carbonyl (C=O) groups excluding carboxylic acids is 1. The standard InChI is InChI=1S/C20H25N3O2S/c24-17-7-5-16(6-8-17)21-10-12-22(13-11-21)20(25)15-23-9-1-3-18(23)19-4-2-14-26-19/h2,4-8,14,18,24H,1,3,9-13,15H2/p+1/t18-/m1/s1. The number of aromatic hydroxyl groups is 1. The number of rotatable bonds is 4. The van der Waals surface area contributed by atoms with Crippen molar-refractivity contribution in [3.8, 4) is 5.75 Å². The van der Waals surface area contributed by atoms with E-state index in [2.05, 4.69) is 22.4 Å². The summed E-state index contributed by atoms with van der Waals surface area (Å²) in [5.41, 5.74) is 1.11. The van der Waals surface area contributed by atoms with Crippen molar-refractivity contribution >= 4 is 22.9 Å². The van der Waals surface area contributed by atoms with Gasteiger partial charge >= 0.3 is 0 Å². The number of anilines is 1. The number of nitrogens with one attached hydrogen (secondary N) is 1. The van der Waals surface area contributed by atoms with Gasteiger partial charge in [-0.25, -0.2) is 0 Å². The van der Waals surface area contributed by atoms with Crippen molar-refractivity contribution in [2.45, 2.75) is 18.9 Å². The maximum absolute atomic E-state index is 12.8. The molecule has 6 heteroatoms. The van der Waals surface area contributed by atoms with Crippen molar-refractivity contribution in [3.63, 3.8) is 0 Å². The molecule has 2 aliphatic rings. The lowest BCUT2D eigenvalue weighted by atomic mass is 10.2. The topological polar surface area (TPSA) is 48.2 Å². The number of amides is 1. The number of carbonyl (C=O) groups is 1. The molecule has 26 heavy (non-hydrogen) atoms. The fraction of sp³-hybridized carbons (Fsp3) is 0.450. The predicted molar refractivity (Wildman–Crippen MR) is 104 cm³/mol. The molecular weight excluding hydrogens is 346 g/mol. The van der Waals surface area contributed by atoms with E-state index in [1.54, 1.807) is 12.1 Å². The molecule has 1 unspecified atom stereocenters. The van der Waals surface area contributed by atoms with Crippen LogP contribution in [0.4, 0.5) is 5.69 Å². The molecule has 0 saturated carbocycles. The first-order valence-electron chi connectivity index (χ1n) is 9.40. The van der Waals surface area contributed by atoms with Crippen LogP contribution in [0.1, 0.15) is 23.8 Å². The molecule has 4 rings (SSSR count). The van der Waals surface area contributed by atoms with Crippen LogP contribution in [-0.2, 0) is 4.79 Å². The largest absolute Gasteiger partial charge is 0.508 e. The van der Waals surface area contributed by atoms with Gasteiger partial charge < -0.3 is 19.8 Å². The zero-order chi connectivity index (χ0) is 17.9. The van der Waals surface area contributed by atoms with Crippen LogP contribution in [0.15, 0.2) is 41.8 Å². The molecule has 2 saturated heterocycles. The number of thiophene rings is 1. The summed E-state index contributed by atoms with van der Waals surface area (Å²) in [5, 5.41) is 11.6. The molecule has 2 aliphatic heterocycles. The highest BCUT2D eigenvalue weighted by Gasteiger charge is 2.34. The minimum absolute atomic E-state index is 0.286. The molecule has 2 N–H and O–H groups in total. The summed E-state index contributed by atoms with van der Waals surface area (Å²) in [6, 6.07) is 12.1. The van der Waals surface area contributed by atoms with E-state index >= 15 is 0 Å². The monoisotopic (exact) mass is 372 g/mol. The fourth-order valence-corrected chi connectivity index (χ4v) is 5.06. The molecule has 2 fully saturated rings. The Kier molecular flexibility index (Phi) is 5.13. The number of likely N-dealkylation sites (tertiary alicyclic amines) is 1. The lowest BCUT2D eigenvalue weighted by Crippen LogP contribution is -3.11. The highest BCUT2D eigenvalue weighted by molar-refractivity contribution is 7.10. The average Bonchev–Trinajstić information content (AvgIpc) is 3.34. The van der Waals surface area contributed by atoms with E-state index in [4.69, 9.17) is 0 Å². The Balaban J connectivity index is 1.31. The Morgan fingerprint density at radius 3 is 2.62 bits per heavy atom. The van der Waals surface area contributed by atoms with Crippen LogP contribution in [0.2, 0.25) is 0 Å². The van der Waals surface area contributed by atoms with Crippen molar-refractivity contribution in [1.29, 1.82) is 0 Å². The molecule has 5 nitrogen and oxygen atoms in total. The fourth-order valence-electron chi connectivity index (χ4n) is 4.14. The van der Waals surface area contributed by atoms with Crippen LogP contribution in [-0.4, -0.2) is 55.2 Å². The lowest BCUT2D eigenvalue weighted by Gasteiger charge is -2.36. The average molecular weight is 373 g/mol. The van der Waals surface area contributed by atoms with Gasteiger partial charge in [0.15, 0.2) is 6.54 Å². The van der Waals surface area contributed by atoms with Crippen molar-refractivity contribution in [2.75, 3.05) is 44.2 Å². The molecule has 1 aromatic carbocycles. The third kappa shape index (κ3) is 3.71. The molecule has 0 radical (unpaired) electrons. The van der Waals surface area contributed by atoms with Crippen LogP contribution < -0.4 is 9.80 Å². The second kappa shape index (κ2) is 7.68. The van der Waals surface area contributed by atoms with E-state index in [0.29, 0.717) is 12.6 Å². The quantitative estimate of drug-likeness (QED) is 0.856. The minimum atomic E-state index is 0.286. The third-order valence-corrected chi connectivity index (χ3v) is 6.58. The number of benzene rings is 1. The zero-order valence-electron chi connectivity index (χ0n) is 14.9. The van der Waals surface area contributed by atoms with E-state index in [1.807, 2.05) is 28.4 Å². The first-order chi connectivity index (χ1) is 12.7. The minimum Gasteiger partial charge on any atom is -0.508 e. The summed E-state index contributed by atoms with van der Waals surface area (Å²) >= 11 is 1.82. The summed E-state index contributed by atoms with van der Waals surface area (Å²) in [5.74, 6) is 0.574. The van der Waals surface area contributed by atoms with Crippen molar-refractivity contribution in [1.82, 2.24) is 4.90 Å². The number of nitrogens with zero attached hydrogens (tertiary/aromatic N) is 2. The highest BCUT2D eigenvalue weighted by atomic mass is 32.1. The molecule has 1 amide bonds. The maximum atomic E-state index is 12.8. The van der Waals surface area contributed by atoms with E-state index in [1.165, 1.54) is 22.6 Å². The molecule has 138 valence electrons. The normalized spacial score (nSPS) is 23.4. The Morgan fingerprint density at radius 1 is 1.15 bits per heavy atom. The van der Waals surface area contributed by atoms with Gasteiger partial charge in [-0.15, -0.1) is 11.3 Å². The molecular formula is C20H26N3O2S+. The highest BCUT2D eigenvalue weighted by Crippen LogP contribution is 2.23. The third-order valence-electron chi connectivity index (χ3n) is 5.60. The summed E-state index contributed by atoms with van der Waals surface area (Å²) in [6.07, 6.45) is 2.40. The molecule has 0 bridgehead atoms. The molecule has 3 heterocycles. The van der Waals surface area contributed by atoms with Gasteiger partial charge in [0.25, 0.3) is 5.91 Å². The van der Waals surface area contributed by atoms with Gasteiger partial charge in [-0.05, 0) is 35.7 Å². The summed E-state index contributed by atoms with van der Waals surface area (Å²) in [6.45, 7) is 4.96. The van der Waals surface area contributed by atoms with E-state index in [0.717, 1.165) is 38.4 Å². The first kappa shape index (κ1) is 17.4. The molecule has 1 aromatic heterocycles. The predicted octanol–water partition coefficient (Wildman–Crippen LogP) is 1.52. The number of piperazine rings is 1. The van der Waals surface area contributed by atoms with E-state index < -0.39 is 0 Å². The summed E-state index contributed by atoms with van der Waals surface area (Å²) in [4.78, 5) is 20.0. The van der Waals surface area contributed by atoms with Crippen LogP contribution >= 0.6 is 11.3 Å². The van der Waals surface area contributed by atoms with Gasteiger partial charge in [0.05, 0.1) is 11.4 Å². The van der Waals surface area contributed by atoms with E-state index in [-0.39, 0.29) is 11.7 Å². The second-order valence-corrected chi connectivity index (χ2v) is 8.16. The summed E-state index contributed by atoms with van der Waals surface area (Å²) in [7, 11) is 0. The Morgan fingerprint density at radius 2 is 1.92 bits per heavy atom. The van der Waals surface area contributed by atoms with Crippen LogP contribution in [0.5, 0.6) is 5.75 Å². The SMILES string of the molecule is O=C(C[NH+]1CCC[C@@H]1c1cccs1)N1CCN(c2ccc(O)cc2)CC1. The molecule has 0 spiro atoms. The van der Waals surface area contributed by atoms with Crippen molar-refractivity contribution in [2.24, 2.45) is 0 Å².